The molecule has 0 bridgehead atoms. The Hall–Kier alpha value is -1.53. The van der Waals surface area contributed by atoms with Crippen LogP contribution in [0.3, 0.4) is 0 Å². The fourth-order valence-electron chi connectivity index (χ4n) is 2.21. The van der Waals surface area contributed by atoms with Crippen molar-refractivity contribution in [2.45, 2.75) is 26.7 Å². The number of aromatic nitrogens is 5. The van der Waals surface area contributed by atoms with E-state index in [4.69, 9.17) is 11.6 Å². The molecule has 108 valence electrons. The summed E-state index contributed by atoms with van der Waals surface area (Å²) in [6, 6.07) is 6.21. The third-order valence-electron chi connectivity index (χ3n) is 3.36. The molecule has 0 saturated heterocycles. The Morgan fingerprint density at radius 2 is 2.00 bits per heavy atom. The van der Waals surface area contributed by atoms with Crippen molar-refractivity contribution in [1.82, 2.24) is 25.0 Å². The second-order valence-corrected chi connectivity index (χ2v) is 6.32. The van der Waals surface area contributed by atoms with Crippen molar-refractivity contribution in [2.75, 3.05) is 0 Å². The van der Waals surface area contributed by atoms with Gasteiger partial charge in [0.2, 0.25) is 5.82 Å². The third-order valence-corrected chi connectivity index (χ3v) is 4.34. The maximum absolute atomic E-state index is 6.46. The van der Waals surface area contributed by atoms with E-state index in [0.29, 0.717) is 22.6 Å². The minimum Gasteiger partial charge on any atom is -0.285 e. The molecule has 1 aromatic rings. The Labute approximate surface area is 135 Å². The van der Waals surface area contributed by atoms with E-state index >= 15 is 0 Å². The highest BCUT2D eigenvalue weighted by atomic mass is 79.9. The van der Waals surface area contributed by atoms with Crippen molar-refractivity contribution < 1.29 is 0 Å². The van der Waals surface area contributed by atoms with Crippen LogP contribution in [-0.4, -0.2) is 25.0 Å². The molecule has 2 aliphatic heterocycles. The summed E-state index contributed by atoms with van der Waals surface area (Å²) < 4.78 is 2.80. The lowest BCUT2D eigenvalue weighted by molar-refractivity contribution is 0.857. The highest BCUT2D eigenvalue weighted by Gasteiger charge is 2.20. The van der Waals surface area contributed by atoms with E-state index in [1.165, 1.54) is 5.56 Å². The van der Waals surface area contributed by atoms with Crippen LogP contribution >= 0.6 is 27.5 Å². The van der Waals surface area contributed by atoms with Gasteiger partial charge in [-0.15, -0.1) is 10.2 Å². The molecule has 0 unspecified atom stereocenters. The summed E-state index contributed by atoms with van der Waals surface area (Å²) >= 11 is 10.1. The number of halogens is 2. The van der Waals surface area contributed by atoms with Crippen molar-refractivity contribution >= 4 is 27.5 Å². The molecule has 0 spiro atoms. The van der Waals surface area contributed by atoms with Crippen LogP contribution in [0.2, 0.25) is 5.15 Å². The van der Waals surface area contributed by atoms with Crippen LogP contribution in [0.25, 0.3) is 17.2 Å². The van der Waals surface area contributed by atoms with Gasteiger partial charge in [-0.2, -0.15) is 0 Å². The first-order valence-electron chi connectivity index (χ1n) is 6.52. The van der Waals surface area contributed by atoms with Gasteiger partial charge >= 0.3 is 0 Å². The van der Waals surface area contributed by atoms with E-state index < -0.39 is 0 Å². The molecule has 2 aliphatic rings. The second kappa shape index (κ2) is 5.35. The highest BCUT2D eigenvalue weighted by Crippen LogP contribution is 2.32. The first-order chi connectivity index (χ1) is 9.99. The molecule has 0 atom stereocenters. The molecule has 7 heteroatoms. The lowest BCUT2D eigenvalue weighted by Gasteiger charge is -2.17. The molecule has 21 heavy (non-hydrogen) atoms. The van der Waals surface area contributed by atoms with E-state index in [0.717, 1.165) is 16.0 Å². The molecule has 2 heterocycles. The molecule has 0 fully saturated rings. The first-order valence-corrected chi connectivity index (χ1v) is 7.70. The van der Waals surface area contributed by atoms with Gasteiger partial charge in [0.05, 0.1) is 5.69 Å². The molecule has 0 N–H and O–H groups in total. The second-order valence-electron chi connectivity index (χ2n) is 5.11. The van der Waals surface area contributed by atoms with Gasteiger partial charge in [-0.05, 0) is 51.7 Å². The summed E-state index contributed by atoms with van der Waals surface area (Å²) in [5.74, 6) is 1.65. The predicted molar refractivity (Wildman–Crippen MR) is 85.1 cm³/mol. The van der Waals surface area contributed by atoms with Crippen LogP contribution in [-0.2, 0) is 0 Å². The molecule has 0 aliphatic carbocycles. The van der Waals surface area contributed by atoms with Gasteiger partial charge < -0.3 is 0 Å². The van der Waals surface area contributed by atoms with Crippen LogP contribution < -0.4 is 0 Å². The SMILES string of the molecule is Cc1nc2nnnc-2c(Cl)n1-c1ccc(C(C)C)cc1Br. The number of nitrogens with zero attached hydrogens (tertiary/aromatic N) is 5. The molecule has 0 amide bonds. The quantitative estimate of drug-likeness (QED) is 0.643. The van der Waals surface area contributed by atoms with E-state index in [1.807, 2.05) is 17.6 Å². The zero-order valence-corrected chi connectivity index (χ0v) is 14.1. The fourth-order valence-corrected chi connectivity index (χ4v) is 3.11. The van der Waals surface area contributed by atoms with E-state index in [9.17, 15) is 0 Å². The average Bonchev–Trinajstić information content (AvgIpc) is 2.88. The predicted octanol–water partition coefficient (Wildman–Crippen LogP) is 4.01. The molecule has 0 aromatic heterocycles. The number of benzene rings is 1. The lowest BCUT2D eigenvalue weighted by Crippen LogP contribution is -2.08. The van der Waals surface area contributed by atoms with Gasteiger partial charge in [0.1, 0.15) is 11.0 Å². The molecule has 0 saturated carbocycles. The monoisotopic (exact) mass is 365 g/mol. The Morgan fingerprint density at radius 3 is 2.67 bits per heavy atom. The summed E-state index contributed by atoms with van der Waals surface area (Å²) in [6.07, 6.45) is 0. The van der Waals surface area contributed by atoms with Crippen molar-refractivity contribution in [1.29, 1.82) is 0 Å². The zero-order chi connectivity index (χ0) is 15.1. The van der Waals surface area contributed by atoms with Crippen LogP contribution in [0, 0.1) is 6.92 Å². The molecule has 3 rings (SSSR count). The number of aryl methyl sites for hydroxylation is 1. The Bertz CT molecular complexity index is 783. The number of rotatable bonds is 2. The largest absolute Gasteiger partial charge is 0.285 e. The zero-order valence-electron chi connectivity index (χ0n) is 11.8. The van der Waals surface area contributed by atoms with Gasteiger partial charge in [0.25, 0.3) is 0 Å². The minimum atomic E-state index is 0.459. The Balaban J connectivity index is 2.24. The van der Waals surface area contributed by atoms with Crippen LogP contribution in [0.4, 0.5) is 0 Å². The molecule has 0 radical (unpaired) electrons. The summed E-state index contributed by atoms with van der Waals surface area (Å²) in [4.78, 5) is 4.39. The van der Waals surface area contributed by atoms with Gasteiger partial charge in [0, 0.05) is 4.47 Å². The molecular formula is C14H13BrClN5. The summed E-state index contributed by atoms with van der Waals surface area (Å²) in [7, 11) is 0. The smallest absolute Gasteiger partial charge is 0.209 e. The maximum atomic E-state index is 6.46. The summed E-state index contributed by atoms with van der Waals surface area (Å²) in [6.45, 7) is 6.19. The summed E-state index contributed by atoms with van der Waals surface area (Å²) in [5, 5.41) is 11.9. The molecular weight excluding hydrogens is 354 g/mol. The van der Waals surface area contributed by atoms with E-state index in [-0.39, 0.29) is 0 Å². The average molecular weight is 367 g/mol. The number of fused-ring (bicyclic) bond motifs is 1. The van der Waals surface area contributed by atoms with Crippen LogP contribution in [0.15, 0.2) is 22.7 Å². The standard InChI is InChI=1S/C14H13BrClN5/c1-7(2)9-4-5-11(10(15)6-9)21-8(3)17-14-12(13(21)16)18-20-19-14/h4-7H,1-3H3. The number of hydrogen-bond donors (Lipinski definition) is 0. The first kappa shape index (κ1) is 14.4. The normalized spacial score (nSPS) is 11.5. The highest BCUT2D eigenvalue weighted by molar-refractivity contribution is 9.10. The minimum absolute atomic E-state index is 0.459. The van der Waals surface area contributed by atoms with Gasteiger partial charge in [-0.25, -0.2) is 4.98 Å². The summed E-state index contributed by atoms with van der Waals surface area (Å²) in [5.41, 5.74) is 2.67. The van der Waals surface area contributed by atoms with Crippen molar-refractivity contribution in [3.05, 3.63) is 39.2 Å². The Morgan fingerprint density at radius 1 is 1.24 bits per heavy atom. The van der Waals surface area contributed by atoms with Gasteiger partial charge in [-0.3, -0.25) is 4.57 Å². The van der Waals surface area contributed by atoms with Crippen molar-refractivity contribution in [3.8, 4) is 17.2 Å². The molecule has 1 aromatic carbocycles. The van der Waals surface area contributed by atoms with Crippen LogP contribution in [0.5, 0.6) is 0 Å². The van der Waals surface area contributed by atoms with Crippen molar-refractivity contribution in [2.24, 2.45) is 0 Å². The Kier molecular flexibility index (Phi) is 3.67. The van der Waals surface area contributed by atoms with Gasteiger partial charge in [-0.1, -0.05) is 31.5 Å². The lowest BCUT2D eigenvalue weighted by atomic mass is 10.0. The third kappa shape index (κ3) is 2.42. The number of hydrogen-bond acceptors (Lipinski definition) is 4. The fraction of sp³-hybridized carbons (Fsp3) is 0.286. The topological polar surface area (TPSA) is 56.5 Å². The maximum Gasteiger partial charge on any atom is 0.209 e. The molecule has 5 nitrogen and oxygen atoms in total. The van der Waals surface area contributed by atoms with E-state index in [1.54, 1.807) is 0 Å². The van der Waals surface area contributed by atoms with E-state index in [2.05, 4.69) is 62.3 Å². The van der Waals surface area contributed by atoms with Gasteiger partial charge in [0.15, 0.2) is 5.69 Å². The van der Waals surface area contributed by atoms with Crippen molar-refractivity contribution in [3.63, 3.8) is 0 Å². The van der Waals surface area contributed by atoms with Crippen LogP contribution in [0.1, 0.15) is 31.2 Å².